The molecule has 3 nitrogen and oxygen atoms in total. The monoisotopic (exact) mass is 252 g/mol. The zero-order chi connectivity index (χ0) is 12.5. The Morgan fingerprint density at radius 1 is 1.18 bits per heavy atom. The lowest BCUT2D eigenvalue weighted by molar-refractivity contribution is 0.457. The standard InChI is InChI=1S/C13H21N2OP/c1-13(2,3)17(16,15-10-4-5-11-15)12-6-8-14-9-7-12/h6-9H,4-5,10-11H2,1-3H3/t17-/m1/s1. The molecule has 1 aromatic rings. The van der Waals surface area contributed by atoms with E-state index in [4.69, 9.17) is 0 Å². The van der Waals surface area contributed by atoms with Crippen LogP contribution in [0.5, 0.6) is 0 Å². The van der Waals surface area contributed by atoms with Crippen LogP contribution >= 0.6 is 7.29 Å². The van der Waals surface area contributed by atoms with Gasteiger partial charge in [0.05, 0.1) is 0 Å². The predicted octanol–water partition coefficient (Wildman–Crippen LogP) is 2.88. The van der Waals surface area contributed by atoms with Crippen LogP contribution in [0.15, 0.2) is 24.5 Å². The lowest BCUT2D eigenvalue weighted by Gasteiger charge is -2.38. The average molecular weight is 252 g/mol. The van der Waals surface area contributed by atoms with Gasteiger partial charge in [0.2, 0.25) is 0 Å². The normalized spacial score (nSPS) is 21.4. The summed E-state index contributed by atoms with van der Waals surface area (Å²) in [6.45, 7) is 8.14. The summed E-state index contributed by atoms with van der Waals surface area (Å²) in [6.07, 6.45) is 5.80. The minimum Gasteiger partial charge on any atom is -0.301 e. The fourth-order valence-corrected chi connectivity index (χ4v) is 5.84. The summed E-state index contributed by atoms with van der Waals surface area (Å²) in [6, 6.07) is 3.81. The van der Waals surface area contributed by atoms with E-state index < -0.39 is 7.29 Å². The molecule has 0 aromatic carbocycles. The Hall–Kier alpha value is -0.660. The van der Waals surface area contributed by atoms with Gasteiger partial charge in [-0.3, -0.25) is 4.98 Å². The molecule has 0 radical (unpaired) electrons. The highest BCUT2D eigenvalue weighted by molar-refractivity contribution is 7.70. The second kappa shape index (κ2) is 4.55. The Balaban J connectivity index is 2.48. The van der Waals surface area contributed by atoms with Crippen LogP contribution in [0.25, 0.3) is 0 Å². The smallest absolute Gasteiger partial charge is 0.183 e. The molecular formula is C13H21N2OP. The van der Waals surface area contributed by atoms with Gasteiger partial charge >= 0.3 is 0 Å². The van der Waals surface area contributed by atoms with E-state index in [9.17, 15) is 4.57 Å². The van der Waals surface area contributed by atoms with Crippen molar-refractivity contribution in [1.29, 1.82) is 0 Å². The van der Waals surface area contributed by atoms with Crippen LogP contribution in [0.3, 0.4) is 0 Å². The second-order valence-corrected chi connectivity index (χ2v) is 9.19. The number of hydrogen-bond acceptors (Lipinski definition) is 2. The molecule has 2 rings (SSSR count). The van der Waals surface area contributed by atoms with Crippen molar-refractivity contribution in [3.8, 4) is 0 Å². The van der Waals surface area contributed by atoms with E-state index in [1.807, 2.05) is 12.1 Å². The Labute approximate surface area is 104 Å². The number of pyridine rings is 1. The van der Waals surface area contributed by atoms with Gasteiger partial charge in [0.1, 0.15) is 0 Å². The molecule has 4 heteroatoms. The molecule has 0 unspecified atom stereocenters. The van der Waals surface area contributed by atoms with Crippen molar-refractivity contribution >= 4 is 12.6 Å². The van der Waals surface area contributed by atoms with Gasteiger partial charge in [-0.15, -0.1) is 0 Å². The molecule has 1 aliphatic heterocycles. The number of hydrogen-bond donors (Lipinski definition) is 0. The van der Waals surface area contributed by atoms with Gasteiger partial charge < -0.3 is 4.57 Å². The molecule has 0 aliphatic carbocycles. The van der Waals surface area contributed by atoms with Crippen LogP contribution in [0, 0.1) is 0 Å². The Morgan fingerprint density at radius 3 is 2.18 bits per heavy atom. The van der Waals surface area contributed by atoms with Crippen LogP contribution in [0.2, 0.25) is 0 Å². The molecule has 1 aromatic heterocycles. The minimum absolute atomic E-state index is 0.224. The van der Waals surface area contributed by atoms with Crippen LogP contribution in [-0.2, 0) is 4.57 Å². The summed E-state index contributed by atoms with van der Waals surface area (Å²) in [4.78, 5) is 4.03. The van der Waals surface area contributed by atoms with E-state index in [0.717, 1.165) is 31.2 Å². The maximum absolute atomic E-state index is 13.5. The van der Waals surface area contributed by atoms with Crippen molar-refractivity contribution in [1.82, 2.24) is 9.65 Å². The first kappa shape index (κ1) is 12.8. The first-order valence-corrected chi connectivity index (χ1v) is 7.88. The summed E-state index contributed by atoms with van der Waals surface area (Å²) in [5.74, 6) is 0. The zero-order valence-electron chi connectivity index (χ0n) is 10.9. The molecule has 0 spiro atoms. The molecule has 94 valence electrons. The fraction of sp³-hybridized carbons (Fsp3) is 0.615. The molecule has 0 bridgehead atoms. The van der Waals surface area contributed by atoms with Crippen LogP contribution < -0.4 is 5.30 Å². The Morgan fingerprint density at radius 2 is 1.71 bits per heavy atom. The Bertz CT molecular complexity index is 419. The highest BCUT2D eigenvalue weighted by Gasteiger charge is 2.44. The van der Waals surface area contributed by atoms with Crippen LogP contribution in [0.1, 0.15) is 33.6 Å². The third kappa shape index (κ3) is 2.19. The first-order valence-electron chi connectivity index (χ1n) is 6.22. The highest BCUT2D eigenvalue weighted by Crippen LogP contribution is 2.60. The molecule has 0 N–H and O–H groups in total. The van der Waals surface area contributed by atoms with E-state index in [1.165, 1.54) is 0 Å². The van der Waals surface area contributed by atoms with Crippen molar-refractivity contribution in [2.75, 3.05) is 13.1 Å². The molecule has 1 fully saturated rings. The minimum atomic E-state index is -2.51. The quantitative estimate of drug-likeness (QED) is 0.759. The zero-order valence-corrected chi connectivity index (χ0v) is 11.8. The fourth-order valence-electron chi connectivity index (χ4n) is 2.50. The van der Waals surface area contributed by atoms with E-state index in [2.05, 4.69) is 30.4 Å². The van der Waals surface area contributed by atoms with Crippen molar-refractivity contribution in [3.05, 3.63) is 24.5 Å². The maximum atomic E-state index is 13.5. The third-order valence-corrected chi connectivity index (χ3v) is 7.42. The van der Waals surface area contributed by atoms with Gasteiger partial charge in [-0.25, -0.2) is 4.67 Å². The summed E-state index contributed by atoms with van der Waals surface area (Å²) in [5.41, 5.74) is 0. The summed E-state index contributed by atoms with van der Waals surface area (Å²) >= 11 is 0. The van der Waals surface area contributed by atoms with E-state index in [-0.39, 0.29) is 5.16 Å². The molecule has 1 saturated heterocycles. The highest BCUT2D eigenvalue weighted by atomic mass is 31.2. The van der Waals surface area contributed by atoms with Crippen molar-refractivity contribution in [2.24, 2.45) is 0 Å². The number of rotatable bonds is 2. The third-order valence-electron chi connectivity index (χ3n) is 3.40. The van der Waals surface area contributed by atoms with Gasteiger partial charge in [0.15, 0.2) is 7.29 Å². The van der Waals surface area contributed by atoms with Crippen molar-refractivity contribution in [3.63, 3.8) is 0 Å². The van der Waals surface area contributed by atoms with Gasteiger partial charge in [-0.2, -0.15) is 0 Å². The average Bonchev–Trinajstić information content (AvgIpc) is 2.81. The Kier molecular flexibility index (Phi) is 3.42. The van der Waals surface area contributed by atoms with Gasteiger partial charge in [0, 0.05) is 35.9 Å². The largest absolute Gasteiger partial charge is 0.301 e. The predicted molar refractivity (Wildman–Crippen MR) is 72.0 cm³/mol. The van der Waals surface area contributed by atoms with Gasteiger partial charge in [0.25, 0.3) is 0 Å². The first-order chi connectivity index (χ1) is 7.96. The summed E-state index contributed by atoms with van der Waals surface area (Å²) < 4.78 is 15.7. The van der Waals surface area contributed by atoms with Crippen molar-refractivity contribution in [2.45, 2.75) is 38.8 Å². The molecule has 1 atom stereocenters. The lowest BCUT2D eigenvalue weighted by atomic mass is 10.3. The molecule has 1 aliphatic rings. The van der Waals surface area contributed by atoms with E-state index >= 15 is 0 Å². The number of aromatic nitrogens is 1. The van der Waals surface area contributed by atoms with E-state index in [1.54, 1.807) is 12.4 Å². The summed E-state index contributed by atoms with van der Waals surface area (Å²) in [5, 5.41) is 0.723. The molecule has 0 amide bonds. The SMILES string of the molecule is CC(C)(C)[P@](=O)(c1ccncc1)N1CCCC1. The summed E-state index contributed by atoms with van der Waals surface area (Å²) in [7, 11) is -2.51. The van der Waals surface area contributed by atoms with Gasteiger partial charge in [-0.05, 0) is 25.0 Å². The lowest BCUT2D eigenvalue weighted by Crippen LogP contribution is -2.34. The molecule has 0 saturated carbocycles. The molecular weight excluding hydrogens is 231 g/mol. The van der Waals surface area contributed by atoms with Gasteiger partial charge in [-0.1, -0.05) is 20.8 Å². The maximum Gasteiger partial charge on any atom is 0.183 e. The molecule has 2 heterocycles. The van der Waals surface area contributed by atoms with Crippen molar-refractivity contribution < 1.29 is 4.57 Å². The topological polar surface area (TPSA) is 33.2 Å². The number of nitrogens with zero attached hydrogens (tertiary/aromatic N) is 2. The van der Waals surface area contributed by atoms with Crippen LogP contribution in [-0.4, -0.2) is 27.9 Å². The van der Waals surface area contributed by atoms with E-state index in [0.29, 0.717) is 0 Å². The van der Waals surface area contributed by atoms with Crippen LogP contribution in [0.4, 0.5) is 0 Å². The second-order valence-electron chi connectivity index (χ2n) is 5.61. The molecule has 17 heavy (non-hydrogen) atoms.